The molecule has 0 bridgehead atoms. The molecule has 2 nitrogen and oxygen atoms in total. The second-order valence-electron chi connectivity index (χ2n) is 6.54. The molecule has 122 valence electrons. The van der Waals surface area contributed by atoms with E-state index in [9.17, 15) is 4.79 Å². The third-order valence-electron chi connectivity index (χ3n) is 4.70. The van der Waals surface area contributed by atoms with Crippen molar-refractivity contribution in [3.8, 4) is 0 Å². The van der Waals surface area contributed by atoms with Crippen LogP contribution in [0.15, 0.2) is 24.3 Å². The van der Waals surface area contributed by atoms with Crippen LogP contribution in [-0.2, 0) is 16.0 Å². The van der Waals surface area contributed by atoms with Crippen LogP contribution in [0.2, 0.25) is 0 Å². The zero-order valence-corrected chi connectivity index (χ0v) is 14.1. The fraction of sp³-hybridized carbons (Fsp3) is 0.650. The Balaban J connectivity index is 1.86. The van der Waals surface area contributed by atoms with Crippen LogP contribution in [0.4, 0.5) is 0 Å². The minimum absolute atomic E-state index is 0.0109. The number of hydrogen-bond donors (Lipinski definition) is 0. The molecule has 2 atom stereocenters. The van der Waals surface area contributed by atoms with Gasteiger partial charge in [-0.25, -0.2) is 0 Å². The predicted octanol–water partition coefficient (Wildman–Crippen LogP) is 5.60. The minimum atomic E-state index is -0.0323. The molecular formula is C20H30O2. The van der Waals surface area contributed by atoms with Gasteiger partial charge in [0.05, 0.1) is 5.92 Å². The lowest BCUT2D eigenvalue weighted by Crippen LogP contribution is -2.26. The maximum Gasteiger partial charge on any atom is 0.309 e. The van der Waals surface area contributed by atoms with E-state index in [4.69, 9.17) is 4.74 Å². The zero-order chi connectivity index (χ0) is 15.8. The average molecular weight is 302 g/mol. The van der Waals surface area contributed by atoms with Gasteiger partial charge in [0, 0.05) is 0 Å². The Morgan fingerprint density at radius 2 is 1.73 bits per heavy atom. The summed E-state index contributed by atoms with van der Waals surface area (Å²) in [6.45, 7) is 4.40. The van der Waals surface area contributed by atoms with Crippen molar-refractivity contribution in [2.75, 3.05) is 0 Å². The molecule has 0 spiro atoms. The van der Waals surface area contributed by atoms with E-state index in [0.717, 1.165) is 44.1 Å². The molecular weight excluding hydrogens is 272 g/mol. The molecule has 1 aliphatic rings. The van der Waals surface area contributed by atoms with E-state index in [1.54, 1.807) is 0 Å². The maximum atomic E-state index is 12.1. The van der Waals surface area contributed by atoms with E-state index >= 15 is 0 Å². The van der Waals surface area contributed by atoms with Gasteiger partial charge in [-0.05, 0) is 43.2 Å². The van der Waals surface area contributed by atoms with Gasteiger partial charge in [0.15, 0.2) is 0 Å². The van der Waals surface area contributed by atoms with Gasteiger partial charge in [-0.15, -0.1) is 0 Å². The Kier molecular flexibility index (Phi) is 6.95. The normalized spacial score (nSPS) is 21.6. The van der Waals surface area contributed by atoms with Crippen LogP contribution >= 0.6 is 0 Å². The summed E-state index contributed by atoms with van der Waals surface area (Å²) in [5.74, 6) is 0.140. The van der Waals surface area contributed by atoms with Crippen molar-refractivity contribution >= 4 is 5.97 Å². The van der Waals surface area contributed by atoms with Gasteiger partial charge < -0.3 is 4.74 Å². The highest BCUT2D eigenvalue weighted by atomic mass is 16.5. The second-order valence-corrected chi connectivity index (χ2v) is 6.54. The average Bonchev–Trinajstić information content (AvgIpc) is 2.54. The molecule has 2 unspecified atom stereocenters. The van der Waals surface area contributed by atoms with Gasteiger partial charge in [0.1, 0.15) is 6.10 Å². The van der Waals surface area contributed by atoms with E-state index in [1.165, 1.54) is 24.8 Å². The number of carbonyl (C=O) groups is 1. The highest BCUT2D eigenvalue weighted by Gasteiger charge is 2.30. The molecule has 0 radical (unpaired) electrons. The van der Waals surface area contributed by atoms with Crippen LogP contribution in [-0.4, -0.2) is 5.97 Å². The molecule has 2 heteroatoms. The predicted molar refractivity (Wildman–Crippen MR) is 90.8 cm³/mol. The first-order chi connectivity index (χ1) is 10.7. The number of aryl methyl sites for hydroxylation is 1. The molecule has 0 saturated carbocycles. The van der Waals surface area contributed by atoms with Gasteiger partial charge in [-0.1, -0.05) is 63.8 Å². The number of benzene rings is 1. The number of rotatable bonds is 8. The van der Waals surface area contributed by atoms with Crippen molar-refractivity contribution in [3.63, 3.8) is 0 Å². The second kappa shape index (κ2) is 8.97. The highest BCUT2D eigenvalue weighted by Crippen LogP contribution is 2.33. The fourth-order valence-electron chi connectivity index (χ4n) is 3.19. The van der Waals surface area contributed by atoms with Crippen molar-refractivity contribution in [2.45, 2.75) is 77.7 Å². The standard InChI is InChI=1S/C20H30O2/c1-3-5-7-8-16-10-12-17(13-11-16)19-15-14-18(9-6-4-2)20(21)22-19/h10-13,18-19H,3-9,14-15H2,1-2H3. The number of esters is 1. The molecule has 1 aromatic carbocycles. The monoisotopic (exact) mass is 302 g/mol. The molecule has 0 N–H and O–H groups in total. The van der Waals surface area contributed by atoms with E-state index < -0.39 is 0 Å². The number of cyclic esters (lactones) is 1. The van der Waals surface area contributed by atoms with Crippen molar-refractivity contribution in [1.82, 2.24) is 0 Å². The molecule has 0 aromatic heterocycles. The summed E-state index contributed by atoms with van der Waals surface area (Å²) in [5.41, 5.74) is 2.54. The Labute approximate surface area is 135 Å². The first-order valence-corrected chi connectivity index (χ1v) is 9.04. The van der Waals surface area contributed by atoms with Gasteiger partial charge in [-0.2, -0.15) is 0 Å². The third kappa shape index (κ3) is 4.86. The third-order valence-corrected chi connectivity index (χ3v) is 4.70. The summed E-state index contributed by atoms with van der Waals surface area (Å²) in [6.07, 6.45) is 10.1. The molecule has 0 aliphatic carbocycles. The molecule has 1 fully saturated rings. The number of carbonyl (C=O) groups excluding carboxylic acids is 1. The van der Waals surface area contributed by atoms with E-state index in [-0.39, 0.29) is 18.0 Å². The van der Waals surface area contributed by atoms with Gasteiger partial charge in [-0.3, -0.25) is 4.79 Å². The number of ether oxygens (including phenoxy) is 1. The van der Waals surface area contributed by atoms with Crippen molar-refractivity contribution in [3.05, 3.63) is 35.4 Å². The first kappa shape index (κ1) is 17.1. The molecule has 22 heavy (non-hydrogen) atoms. The number of hydrogen-bond acceptors (Lipinski definition) is 2. The molecule has 0 amide bonds. The summed E-state index contributed by atoms with van der Waals surface area (Å²) in [4.78, 5) is 12.1. The minimum Gasteiger partial charge on any atom is -0.457 e. The van der Waals surface area contributed by atoms with Gasteiger partial charge in [0.25, 0.3) is 0 Å². The smallest absolute Gasteiger partial charge is 0.309 e. The first-order valence-electron chi connectivity index (χ1n) is 9.04. The van der Waals surface area contributed by atoms with Gasteiger partial charge >= 0.3 is 5.97 Å². The SMILES string of the molecule is CCCCCc1ccc(C2CCC(CCCC)C(=O)O2)cc1. The van der Waals surface area contributed by atoms with Crippen molar-refractivity contribution in [1.29, 1.82) is 0 Å². The summed E-state index contributed by atoms with van der Waals surface area (Å²) in [7, 11) is 0. The van der Waals surface area contributed by atoms with Crippen LogP contribution < -0.4 is 0 Å². The van der Waals surface area contributed by atoms with Crippen molar-refractivity contribution < 1.29 is 9.53 Å². The van der Waals surface area contributed by atoms with E-state index in [2.05, 4.69) is 38.1 Å². The maximum absolute atomic E-state index is 12.1. The van der Waals surface area contributed by atoms with Crippen LogP contribution in [0.3, 0.4) is 0 Å². The zero-order valence-electron chi connectivity index (χ0n) is 14.1. The Morgan fingerprint density at radius 1 is 1.00 bits per heavy atom. The molecule has 1 aliphatic heterocycles. The van der Waals surface area contributed by atoms with Crippen molar-refractivity contribution in [2.24, 2.45) is 5.92 Å². The molecule has 1 heterocycles. The highest BCUT2D eigenvalue weighted by molar-refractivity contribution is 5.73. The topological polar surface area (TPSA) is 26.3 Å². The fourth-order valence-corrected chi connectivity index (χ4v) is 3.19. The summed E-state index contributed by atoms with van der Waals surface area (Å²) in [6, 6.07) is 8.68. The molecule has 1 saturated heterocycles. The lowest BCUT2D eigenvalue weighted by molar-refractivity contribution is -0.161. The van der Waals surface area contributed by atoms with Crippen LogP contribution in [0.25, 0.3) is 0 Å². The summed E-state index contributed by atoms with van der Waals surface area (Å²) in [5, 5.41) is 0. The summed E-state index contributed by atoms with van der Waals surface area (Å²) >= 11 is 0. The quantitative estimate of drug-likeness (QED) is 0.461. The summed E-state index contributed by atoms with van der Waals surface area (Å²) < 4.78 is 5.68. The largest absolute Gasteiger partial charge is 0.457 e. The molecule has 1 aromatic rings. The van der Waals surface area contributed by atoms with E-state index in [0.29, 0.717) is 0 Å². The van der Waals surface area contributed by atoms with Crippen LogP contribution in [0.1, 0.15) is 82.4 Å². The van der Waals surface area contributed by atoms with Crippen LogP contribution in [0.5, 0.6) is 0 Å². The lowest BCUT2D eigenvalue weighted by atomic mass is 9.90. The van der Waals surface area contributed by atoms with Crippen LogP contribution in [0, 0.1) is 5.92 Å². The molecule has 2 rings (SSSR count). The Bertz CT molecular complexity index is 449. The Hall–Kier alpha value is -1.31. The lowest BCUT2D eigenvalue weighted by Gasteiger charge is -2.28. The number of unbranched alkanes of at least 4 members (excludes halogenated alkanes) is 3. The Morgan fingerprint density at radius 3 is 2.36 bits per heavy atom. The van der Waals surface area contributed by atoms with Gasteiger partial charge in [0.2, 0.25) is 0 Å². The van der Waals surface area contributed by atoms with E-state index in [1.807, 2.05) is 0 Å².